The maximum Gasteiger partial charge on any atom is 0.299 e. The van der Waals surface area contributed by atoms with Gasteiger partial charge in [-0.25, -0.2) is 5.43 Å². The second kappa shape index (κ2) is 4.27. The van der Waals surface area contributed by atoms with E-state index in [-0.39, 0.29) is 10.9 Å². The summed E-state index contributed by atoms with van der Waals surface area (Å²) in [6.07, 6.45) is 1.34. The molecular weight excluding hydrogens is 232 g/mol. The molecule has 0 aromatic carbocycles. The summed E-state index contributed by atoms with van der Waals surface area (Å²) in [5, 5.41) is 14.1. The number of pyridine rings is 1. The Morgan fingerprint density at radius 3 is 3.00 bits per heavy atom. The van der Waals surface area contributed by atoms with Gasteiger partial charge in [0.15, 0.2) is 0 Å². The molecule has 2 heterocycles. The van der Waals surface area contributed by atoms with E-state index in [0.717, 1.165) is 11.8 Å². The van der Waals surface area contributed by atoms with Crippen molar-refractivity contribution in [3.8, 4) is 0 Å². The average Bonchev–Trinajstić information content (AvgIpc) is 2.30. The van der Waals surface area contributed by atoms with Crippen molar-refractivity contribution < 1.29 is 9.72 Å². The molecule has 2 rings (SSSR count). The Morgan fingerprint density at radius 2 is 2.38 bits per heavy atom. The van der Waals surface area contributed by atoms with E-state index >= 15 is 0 Å². The zero-order chi connectivity index (χ0) is 11.5. The van der Waals surface area contributed by atoms with Crippen LogP contribution in [0.4, 0.5) is 10.5 Å². The lowest BCUT2D eigenvalue weighted by molar-refractivity contribution is -0.384. The highest BCUT2D eigenvalue weighted by atomic mass is 32.2. The van der Waals surface area contributed by atoms with E-state index in [1.807, 2.05) is 0 Å². The topological polar surface area (TPSA) is 97.5 Å². The van der Waals surface area contributed by atoms with Crippen molar-refractivity contribution in [3.63, 3.8) is 0 Å². The van der Waals surface area contributed by atoms with Gasteiger partial charge in [-0.05, 0) is 0 Å². The molecule has 0 unspecified atom stereocenters. The molecule has 0 radical (unpaired) electrons. The molecule has 8 heteroatoms. The first kappa shape index (κ1) is 10.6. The first-order valence-electron chi connectivity index (χ1n) is 4.27. The van der Waals surface area contributed by atoms with Gasteiger partial charge < -0.3 is 0 Å². The quantitative estimate of drug-likeness (QED) is 0.615. The summed E-state index contributed by atoms with van der Waals surface area (Å²) in [5.74, 6) is 0.361. The van der Waals surface area contributed by atoms with Crippen LogP contribution >= 0.6 is 11.8 Å². The maximum atomic E-state index is 10.8. The standard InChI is InChI=1S/C8H6N4O3S/c13-8-11-10-7(4-16-8)6-3-5(12(14)15)1-2-9-6/h1-3H,4H2,(H,11,13). The summed E-state index contributed by atoms with van der Waals surface area (Å²) < 4.78 is 0. The fraction of sp³-hybridized carbons (Fsp3) is 0.125. The number of thioether (sulfide) groups is 1. The van der Waals surface area contributed by atoms with Gasteiger partial charge in [-0.1, -0.05) is 11.8 Å². The molecule has 1 amide bonds. The average molecular weight is 238 g/mol. The molecular formula is C8H6N4O3S. The predicted molar refractivity (Wildman–Crippen MR) is 58.4 cm³/mol. The van der Waals surface area contributed by atoms with E-state index in [1.165, 1.54) is 18.3 Å². The summed E-state index contributed by atoms with van der Waals surface area (Å²) in [6, 6.07) is 2.63. The largest absolute Gasteiger partial charge is 0.299 e. The second-order valence-electron chi connectivity index (χ2n) is 2.90. The molecule has 1 aliphatic heterocycles. The van der Waals surface area contributed by atoms with Gasteiger partial charge in [-0.2, -0.15) is 5.10 Å². The summed E-state index contributed by atoms with van der Waals surface area (Å²) >= 11 is 1.04. The lowest BCUT2D eigenvalue weighted by Gasteiger charge is -2.10. The number of hydrazone groups is 1. The number of nitrogens with one attached hydrogen (secondary N) is 1. The van der Waals surface area contributed by atoms with Gasteiger partial charge in [0.25, 0.3) is 10.9 Å². The molecule has 0 spiro atoms. The minimum atomic E-state index is -0.500. The zero-order valence-corrected chi connectivity index (χ0v) is 8.73. The van der Waals surface area contributed by atoms with E-state index < -0.39 is 4.92 Å². The number of hydrogen-bond donors (Lipinski definition) is 1. The third-order valence-corrected chi connectivity index (χ3v) is 2.64. The first-order valence-corrected chi connectivity index (χ1v) is 5.25. The van der Waals surface area contributed by atoms with Gasteiger partial charge in [-0.3, -0.25) is 19.9 Å². The highest BCUT2D eigenvalue weighted by Gasteiger charge is 2.17. The van der Waals surface area contributed by atoms with Crippen LogP contribution in [0.2, 0.25) is 0 Å². The Bertz CT molecular complexity index is 488. The van der Waals surface area contributed by atoms with Gasteiger partial charge in [0.05, 0.1) is 16.3 Å². The minimum absolute atomic E-state index is 0.0467. The molecule has 1 aliphatic rings. The van der Waals surface area contributed by atoms with Crippen molar-refractivity contribution in [1.29, 1.82) is 0 Å². The molecule has 0 saturated carbocycles. The number of carbonyl (C=O) groups excluding carboxylic acids is 1. The number of rotatable bonds is 2. The van der Waals surface area contributed by atoms with Gasteiger partial charge in [0.2, 0.25) is 0 Å². The highest BCUT2D eigenvalue weighted by molar-refractivity contribution is 8.14. The number of amides is 1. The van der Waals surface area contributed by atoms with Crippen molar-refractivity contribution in [3.05, 3.63) is 34.1 Å². The van der Waals surface area contributed by atoms with Crippen LogP contribution in [0.1, 0.15) is 5.69 Å². The van der Waals surface area contributed by atoms with Crippen LogP contribution in [0.5, 0.6) is 0 Å². The smallest absolute Gasteiger partial charge is 0.260 e. The van der Waals surface area contributed by atoms with Gasteiger partial charge in [0.1, 0.15) is 0 Å². The van der Waals surface area contributed by atoms with E-state index in [0.29, 0.717) is 17.2 Å². The van der Waals surface area contributed by atoms with Crippen molar-refractivity contribution >= 4 is 28.4 Å². The molecule has 82 valence electrons. The summed E-state index contributed by atoms with van der Waals surface area (Å²) in [7, 11) is 0. The van der Waals surface area contributed by atoms with Crippen LogP contribution < -0.4 is 5.43 Å². The highest BCUT2D eigenvalue weighted by Crippen LogP contribution is 2.15. The first-order chi connectivity index (χ1) is 7.66. The Hall–Kier alpha value is -1.96. The van der Waals surface area contributed by atoms with E-state index in [4.69, 9.17) is 0 Å². The molecule has 0 bridgehead atoms. The van der Waals surface area contributed by atoms with Crippen LogP contribution in [-0.2, 0) is 0 Å². The molecule has 7 nitrogen and oxygen atoms in total. The van der Waals surface area contributed by atoms with Crippen LogP contribution in [0, 0.1) is 10.1 Å². The zero-order valence-electron chi connectivity index (χ0n) is 7.91. The number of aromatic nitrogens is 1. The number of hydrogen-bond acceptors (Lipinski definition) is 6. The summed E-state index contributed by atoms with van der Waals surface area (Å²) in [6.45, 7) is 0. The molecule has 0 aliphatic carbocycles. The van der Waals surface area contributed by atoms with Crippen molar-refractivity contribution in [2.24, 2.45) is 5.10 Å². The Labute approximate surface area is 94.1 Å². The lowest BCUT2D eigenvalue weighted by Crippen LogP contribution is -2.24. The third kappa shape index (κ3) is 2.16. The van der Waals surface area contributed by atoms with Gasteiger partial charge >= 0.3 is 0 Å². The SMILES string of the molecule is O=C1NN=C(c2cc([N+](=O)[O-])ccn2)CS1. The van der Waals surface area contributed by atoms with E-state index in [1.54, 1.807) is 0 Å². The third-order valence-electron chi connectivity index (χ3n) is 1.87. The number of nitrogens with zero attached hydrogens (tertiary/aromatic N) is 3. The fourth-order valence-corrected chi connectivity index (χ4v) is 1.72. The number of carbonyl (C=O) groups is 1. The predicted octanol–water partition coefficient (Wildman–Crippen LogP) is 1.15. The number of nitro groups is 1. The maximum absolute atomic E-state index is 10.8. The van der Waals surface area contributed by atoms with Gasteiger partial charge in [-0.15, -0.1) is 0 Å². The molecule has 0 saturated heterocycles. The monoisotopic (exact) mass is 238 g/mol. The molecule has 1 aromatic rings. The van der Waals surface area contributed by atoms with E-state index in [2.05, 4.69) is 15.5 Å². The Morgan fingerprint density at radius 1 is 1.56 bits per heavy atom. The van der Waals surface area contributed by atoms with Crippen LogP contribution in [0.3, 0.4) is 0 Å². The van der Waals surface area contributed by atoms with Crippen LogP contribution in [0.25, 0.3) is 0 Å². The van der Waals surface area contributed by atoms with Crippen molar-refractivity contribution in [2.75, 3.05) is 5.75 Å². The Kier molecular flexibility index (Phi) is 2.82. The molecule has 0 atom stereocenters. The molecule has 16 heavy (non-hydrogen) atoms. The minimum Gasteiger partial charge on any atom is -0.260 e. The Balaban J connectivity index is 2.30. The molecule has 0 fully saturated rings. The molecule has 1 N–H and O–H groups in total. The fourth-order valence-electron chi connectivity index (χ4n) is 1.13. The summed E-state index contributed by atoms with van der Waals surface area (Å²) in [4.78, 5) is 24.9. The lowest BCUT2D eigenvalue weighted by atomic mass is 10.2. The molecule has 1 aromatic heterocycles. The van der Waals surface area contributed by atoms with Crippen molar-refractivity contribution in [2.45, 2.75) is 0 Å². The van der Waals surface area contributed by atoms with Crippen molar-refractivity contribution in [1.82, 2.24) is 10.4 Å². The van der Waals surface area contributed by atoms with Gasteiger partial charge in [0, 0.05) is 24.1 Å². The second-order valence-corrected chi connectivity index (χ2v) is 3.85. The van der Waals surface area contributed by atoms with Crippen LogP contribution in [0.15, 0.2) is 23.4 Å². The van der Waals surface area contributed by atoms with E-state index in [9.17, 15) is 14.9 Å². The summed E-state index contributed by atoms with van der Waals surface area (Å²) in [5.41, 5.74) is 3.16. The van der Waals surface area contributed by atoms with Crippen LogP contribution in [-0.4, -0.2) is 26.6 Å². The normalized spacial score (nSPS) is 15.2.